The number of anilines is 2. The molecule has 5 rings (SSSR count). The number of nitrogens with zero attached hydrogens (tertiary/aromatic N) is 7. The molecule has 3 aromatic heterocycles. The number of ketones is 1. The molecule has 2 N–H and O–H groups in total. The van der Waals surface area contributed by atoms with Gasteiger partial charge in [0.25, 0.3) is 5.89 Å². The van der Waals surface area contributed by atoms with Gasteiger partial charge in [-0.3, -0.25) is 9.10 Å². The van der Waals surface area contributed by atoms with Gasteiger partial charge in [-0.2, -0.15) is 0 Å². The fourth-order valence-corrected chi connectivity index (χ4v) is 5.47. The molecule has 13 nitrogen and oxygen atoms in total. The average Bonchev–Trinajstić information content (AvgIpc) is 3.30. The van der Waals surface area contributed by atoms with Crippen LogP contribution in [-0.2, 0) is 22.0 Å². The van der Waals surface area contributed by atoms with Crippen LogP contribution in [0.25, 0.3) is 11.5 Å². The normalized spacial score (nSPS) is 17.8. The summed E-state index contributed by atoms with van der Waals surface area (Å²) in [7, 11) is -2.43. The average molecular weight is 629 g/mol. The minimum absolute atomic E-state index is 0.0211. The Bertz CT molecular complexity index is 1740. The van der Waals surface area contributed by atoms with Crippen LogP contribution in [0, 0.1) is 18.8 Å². The summed E-state index contributed by atoms with van der Waals surface area (Å²) in [6, 6.07) is 11.3. The number of aryl methyl sites for hydroxylation is 1. The maximum absolute atomic E-state index is 13.1. The summed E-state index contributed by atoms with van der Waals surface area (Å²) < 4.78 is 37.5. The van der Waals surface area contributed by atoms with E-state index in [1.54, 1.807) is 24.8 Å². The van der Waals surface area contributed by atoms with Crippen molar-refractivity contribution in [3.05, 3.63) is 64.7 Å². The minimum Gasteiger partial charge on any atom is -0.419 e. The van der Waals surface area contributed by atoms with Gasteiger partial charge < -0.3 is 19.5 Å². The first-order chi connectivity index (χ1) is 20.2. The molecule has 0 amide bonds. The summed E-state index contributed by atoms with van der Waals surface area (Å²) >= 11 is 6.77. The number of Topliss-reactive ketones (excluding diaryl/α,β-unsaturated/α-hetero) is 1. The molecule has 1 aliphatic rings. The van der Waals surface area contributed by atoms with Crippen molar-refractivity contribution in [2.75, 3.05) is 35.6 Å². The lowest BCUT2D eigenvalue weighted by Gasteiger charge is -2.26. The van der Waals surface area contributed by atoms with Crippen LogP contribution in [0.4, 0.5) is 11.6 Å². The zero-order chi connectivity index (χ0) is 31.1. The summed E-state index contributed by atoms with van der Waals surface area (Å²) in [5, 5.41) is 16.0. The van der Waals surface area contributed by atoms with Gasteiger partial charge in [-0.25, -0.2) is 13.4 Å². The summed E-state index contributed by atoms with van der Waals surface area (Å²) in [4.78, 5) is 19.5. The lowest BCUT2D eigenvalue weighted by Crippen LogP contribution is -2.35. The molecule has 1 aliphatic carbocycles. The number of carbonyl (C=O) groups is 1. The third kappa shape index (κ3) is 6.86. The summed E-state index contributed by atoms with van der Waals surface area (Å²) in [5.41, 5.74) is 6.82. The molecule has 2 unspecified atom stereocenters. The Labute approximate surface area is 254 Å². The van der Waals surface area contributed by atoms with Crippen molar-refractivity contribution in [1.29, 1.82) is 0 Å². The first kappa shape index (κ1) is 30.6. The van der Waals surface area contributed by atoms with Gasteiger partial charge in [-0.1, -0.05) is 48.9 Å². The van der Waals surface area contributed by atoms with E-state index in [4.69, 9.17) is 26.2 Å². The van der Waals surface area contributed by atoms with Gasteiger partial charge in [0.1, 0.15) is 5.82 Å². The van der Waals surface area contributed by atoms with Crippen molar-refractivity contribution in [3.63, 3.8) is 0 Å². The fourth-order valence-electron chi connectivity index (χ4n) is 4.67. The lowest BCUT2D eigenvalue weighted by atomic mass is 9.94. The predicted octanol–water partition coefficient (Wildman–Crippen LogP) is 3.63. The molecule has 0 spiro atoms. The maximum Gasteiger partial charge on any atom is 0.285 e. The molecule has 0 aliphatic heterocycles. The van der Waals surface area contributed by atoms with Crippen LogP contribution in [0.3, 0.4) is 0 Å². The minimum atomic E-state index is -3.77. The van der Waals surface area contributed by atoms with E-state index >= 15 is 0 Å². The molecule has 0 bridgehead atoms. The zero-order valence-electron chi connectivity index (χ0n) is 24.5. The van der Waals surface area contributed by atoms with Gasteiger partial charge in [-0.05, 0) is 43.2 Å². The highest BCUT2D eigenvalue weighted by Gasteiger charge is 2.36. The van der Waals surface area contributed by atoms with E-state index < -0.39 is 21.3 Å². The van der Waals surface area contributed by atoms with E-state index in [-0.39, 0.29) is 52.3 Å². The Morgan fingerprint density at radius 1 is 1.16 bits per heavy atom. The number of aromatic nitrogens is 5. The van der Waals surface area contributed by atoms with E-state index in [1.165, 1.54) is 7.05 Å². The van der Waals surface area contributed by atoms with Crippen molar-refractivity contribution >= 4 is 39.0 Å². The van der Waals surface area contributed by atoms with Crippen molar-refractivity contribution in [1.82, 2.24) is 25.4 Å². The van der Waals surface area contributed by atoms with Crippen LogP contribution in [-0.4, -0.2) is 66.0 Å². The second-order valence-corrected chi connectivity index (χ2v) is 13.7. The molecule has 3 heterocycles. The van der Waals surface area contributed by atoms with E-state index in [1.807, 2.05) is 30.3 Å². The van der Waals surface area contributed by atoms with Crippen LogP contribution in [0.2, 0.25) is 5.02 Å². The number of carbonyl (C=O) groups excluding carboxylic acids is 1. The van der Waals surface area contributed by atoms with E-state index in [0.717, 1.165) is 22.5 Å². The molecular weight excluding hydrogens is 596 g/mol. The van der Waals surface area contributed by atoms with Gasteiger partial charge >= 0.3 is 0 Å². The third-order valence-electron chi connectivity index (χ3n) is 7.43. The van der Waals surface area contributed by atoms with Crippen molar-refractivity contribution in [2.24, 2.45) is 17.6 Å². The standard InChI is InChI=1S/C28H33ClN8O5S/c1-16-11-19(16)14-37(15-21(38)26-34-32-17(2)41-26)22-12-20(23(29)24(31-22)36(4)43(5,39)40)25-33-35-27(42-25)28(3,30)13-18-9-7-6-8-10-18/h6-10,12,16,19H,11,13-15,30H2,1-5H3/t16?,19?,28-/m0/s1. The lowest BCUT2D eigenvalue weighted by molar-refractivity contribution is 0.0964. The number of hydrogen-bond donors (Lipinski definition) is 1. The topological polar surface area (TPSA) is 174 Å². The Morgan fingerprint density at radius 3 is 2.47 bits per heavy atom. The van der Waals surface area contributed by atoms with E-state index in [9.17, 15) is 13.2 Å². The van der Waals surface area contributed by atoms with Crippen LogP contribution < -0.4 is 14.9 Å². The number of sulfonamides is 1. The molecule has 43 heavy (non-hydrogen) atoms. The number of nitrogens with two attached hydrogens (primary N) is 1. The molecule has 4 aromatic rings. The highest BCUT2D eigenvalue weighted by Crippen LogP contribution is 2.41. The molecule has 3 atom stereocenters. The van der Waals surface area contributed by atoms with Gasteiger partial charge in [-0.15, -0.1) is 20.4 Å². The predicted molar refractivity (Wildman–Crippen MR) is 160 cm³/mol. The van der Waals surface area contributed by atoms with Crippen LogP contribution in [0.1, 0.15) is 48.3 Å². The van der Waals surface area contributed by atoms with Crippen molar-refractivity contribution < 1.29 is 22.0 Å². The SMILES string of the molecule is Cc1nnc(C(=O)CN(CC2CC2C)c2cc(-c3nnc([C@@](C)(N)Cc4ccccc4)o3)c(Cl)c(N(C)S(C)(=O)=O)n2)o1. The molecule has 0 radical (unpaired) electrons. The molecule has 15 heteroatoms. The van der Waals surface area contributed by atoms with E-state index in [0.29, 0.717) is 24.8 Å². The molecular formula is C28H33ClN8O5S. The second kappa shape index (κ2) is 11.7. The Morgan fingerprint density at radius 2 is 1.86 bits per heavy atom. The van der Waals surface area contributed by atoms with Gasteiger partial charge in [0, 0.05) is 20.5 Å². The Kier molecular flexibility index (Phi) is 8.29. The quantitative estimate of drug-likeness (QED) is 0.226. The van der Waals surface area contributed by atoms with Gasteiger partial charge in [0.05, 0.1) is 28.9 Å². The Balaban J connectivity index is 1.57. The number of halogens is 1. The molecule has 1 aromatic carbocycles. The van der Waals surface area contributed by atoms with Crippen LogP contribution >= 0.6 is 11.6 Å². The molecule has 228 valence electrons. The van der Waals surface area contributed by atoms with Gasteiger partial charge in [0.2, 0.25) is 33.5 Å². The molecule has 1 saturated carbocycles. The van der Waals surface area contributed by atoms with E-state index in [2.05, 4.69) is 32.3 Å². The number of rotatable bonds is 12. The zero-order valence-corrected chi connectivity index (χ0v) is 26.1. The summed E-state index contributed by atoms with van der Waals surface area (Å²) in [6.45, 7) is 5.83. The third-order valence-corrected chi connectivity index (χ3v) is 8.98. The van der Waals surface area contributed by atoms with Crippen molar-refractivity contribution in [2.45, 2.75) is 39.2 Å². The molecule has 1 fully saturated rings. The number of hydrogen-bond acceptors (Lipinski definition) is 12. The summed E-state index contributed by atoms with van der Waals surface area (Å²) in [6.07, 6.45) is 2.44. The fraction of sp³-hybridized carbons (Fsp3) is 0.429. The Hall–Kier alpha value is -3.88. The first-order valence-corrected chi connectivity index (χ1v) is 15.9. The highest BCUT2D eigenvalue weighted by molar-refractivity contribution is 7.92. The largest absolute Gasteiger partial charge is 0.419 e. The molecule has 0 saturated heterocycles. The highest BCUT2D eigenvalue weighted by atomic mass is 35.5. The van der Waals surface area contributed by atoms with Gasteiger partial charge in [0.15, 0.2) is 5.82 Å². The monoisotopic (exact) mass is 628 g/mol. The maximum atomic E-state index is 13.1. The number of benzene rings is 1. The number of pyridine rings is 1. The van der Waals surface area contributed by atoms with Crippen molar-refractivity contribution in [3.8, 4) is 11.5 Å². The smallest absolute Gasteiger partial charge is 0.285 e. The first-order valence-electron chi connectivity index (χ1n) is 13.6. The van der Waals surface area contributed by atoms with Crippen LogP contribution in [0.5, 0.6) is 0 Å². The van der Waals surface area contributed by atoms with Crippen LogP contribution in [0.15, 0.2) is 45.2 Å². The second-order valence-electron chi connectivity index (χ2n) is 11.3. The summed E-state index contributed by atoms with van der Waals surface area (Å²) in [5.74, 6) is 0.903.